The Labute approximate surface area is 96.1 Å². The summed E-state index contributed by atoms with van der Waals surface area (Å²) in [6, 6.07) is 1.12. The molecule has 0 radical (unpaired) electrons. The molecule has 15 heavy (non-hydrogen) atoms. The molecule has 0 bridgehead atoms. The van der Waals surface area contributed by atoms with Gasteiger partial charge in [-0.1, -0.05) is 6.92 Å². The van der Waals surface area contributed by atoms with E-state index in [0.29, 0.717) is 12.1 Å². The Morgan fingerprint density at radius 1 is 1.40 bits per heavy atom. The average molecular weight is 224 g/mol. The third kappa shape index (κ3) is 3.02. The molecule has 84 valence electrons. The van der Waals surface area contributed by atoms with Crippen molar-refractivity contribution in [2.45, 2.75) is 51.6 Å². The topological polar surface area (TPSA) is 24.9 Å². The van der Waals surface area contributed by atoms with Crippen LogP contribution in [-0.2, 0) is 0 Å². The number of hydrogen-bond acceptors (Lipinski definition) is 3. The Bertz CT molecular complexity index is 276. The Balaban J connectivity index is 1.82. The highest BCUT2D eigenvalue weighted by Crippen LogP contribution is 2.25. The summed E-state index contributed by atoms with van der Waals surface area (Å²) in [7, 11) is 0. The minimum Gasteiger partial charge on any atom is -0.306 e. The number of rotatable bonds is 3. The lowest BCUT2D eigenvalue weighted by atomic mass is 9.87. The first kappa shape index (κ1) is 11.1. The maximum Gasteiger partial charge on any atom is 0.0795 e. The maximum absolute atomic E-state index is 4.35. The fourth-order valence-corrected chi connectivity index (χ4v) is 2.95. The van der Waals surface area contributed by atoms with Crippen molar-refractivity contribution in [3.63, 3.8) is 0 Å². The number of thiazole rings is 1. The average Bonchev–Trinajstić information content (AvgIpc) is 2.74. The van der Waals surface area contributed by atoms with Gasteiger partial charge in [0.2, 0.25) is 0 Å². The summed E-state index contributed by atoms with van der Waals surface area (Å²) in [5, 5.41) is 5.83. The summed E-state index contributed by atoms with van der Waals surface area (Å²) >= 11 is 1.68. The molecule has 1 N–H and O–H groups in total. The third-order valence-electron chi connectivity index (χ3n) is 3.40. The van der Waals surface area contributed by atoms with Crippen molar-refractivity contribution in [2.24, 2.45) is 5.92 Å². The van der Waals surface area contributed by atoms with Gasteiger partial charge in [-0.25, -0.2) is 4.98 Å². The van der Waals surface area contributed by atoms with Crippen LogP contribution in [0.3, 0.4) is 0 Å². The van der Waals surface area contributed by atoms with Gasteiger partial charge in [-0.15, -0.1) is 11.3 Å². The van der Waals surface area contributed by atoms with Crippen LogP contribution in [0.15, 0.2) is 10.9 Å². The highest BCUT2D eigenvalue weighted by molar-refractivity contribution is 7.07. The normalized spacial score (nSPS) is 28.9. The van der Waals surface area contributed by atoms with Crippen LogP contribution in [0.1, 0.15) is 51.3 Å². The number of aromatic nitrogens is 1. The van der Waals surface area contributed by atoms with Crippen LogP contribution in [0.4, 0.5) is 0 Å². The number of nitrogens with one attached hydrogen (secondary N) is 1. The minimum absolute atomic E-state index is 0.412. The molecule has 1 aliphatic rings. The van der Waals surface area contributed by atoms with Crippen LogP contribution in [0, 0.1) is 5.92 Å². The van der Waals surface area contributed by atoms with Crippen molar-refractivity contribution in [1.29, 1.82) is 0 Å². The van der Waals surface area contributed by atoms with Crippen LogP contribution in [0.5, 0.6) is 0 Å². The lowest BCUT2D eigenvalue weighted by Crippen LogP contribution is -2.34. The predicted octanol–water partition coefficient (Wildman–Crippen LogP) is 3.37. The molecule has 2 rings (SSSR count). The maximum atomic E-state index is 4.35. The van der Waals surface area contributed by atoms with E-state index in [0.717, 1.165) is 5.92 Å². The van der Waals surface area contributed by atoms with Gasteiger partial charge in [0.25, 0.3) is 0 Å². The van der Waals surface area contributed by atoms with Crippen LogP contribution < -0.4 is 5.32 Å². The Kier molecular flexibility index (Phi) is 3.76. The summed E-state index contributed by atoms with van der Waals surface area (Å²) in [6.07, 6.45) is 5.41. The van der Waals surface area contributed by atoms with E-state index in [-0.39, 0.29) is 0 Å². The fraction of sp³-hybridized carbons (Fsp3) is 0.750. The van der Waals surface area contributed by atoms with Crippen molar-refractivity contribution in [3.8, 4) is 0 Å². The quantitative estimate of drug-likeness (QED) is 0.851. The summed E-state index contributed by atoms with van der Waals surface area (Å²) < 4.78 is 0. The lowest BCUT2D eigenvalue weighted by molar-refractivity contribution is 0.290. The minimum atomic E-state index is 0.412. The van der Waals surface area contributed by atoms with Gasteiger partial charge < -0.3 is 5.32 Å². The SMILES string of the molecule is CC1CCC(NC(C)c2cscn2)CC1. The summed E-state index contributed by atoms with van der Waals surface area (Å²) in [6.45, 7) is 4.58. The molecule has 1 heterocycles. The summed E-state index contributed by atoms with van der Waals surface area (Å²) in [5.74, 6) is 0.928. The zero-order chi connectivity index (χ0) is 10.7. The molecule has 1 aromatic heterocycles. The molecule has 1 aromatic rings. The molecule has 1 fully saturated rings. The van der Waals surface area contributed by atoms with Crippen molar-refractivity contribution >= 4 is 11.3 Å². The van der Waals surface area contributed by atoms with Crippen LogP contribution in [0.2, 0.25) is 0 Å². The van der Waals surface area contributed by atoms with Crippen molar-refractivity contribution in [1.82, 2.24) is 10.3 Å². The number of nitrogens with zero attached hydrogens (tertiary/aromatic N) is 1. The smallest absolute Gasteiger partial charge is 0.0795 e. The van der Waals surface area contributed by atoms with E-state index >= 15 is 0 Å². The van der Waals surface area contributed by atoms with Gasteiger partial charge >= 0.3 is 0 Å². The first-order chi connectivity index (χ1) is 7.25. The van der Waals surface area contributed by atoms with E-state index in [1.54, 1.807) is 11.3 Å². The monoisotopic (exact) mass is 224 g/mol. The zero-order valence-corrected chi connectivity index (χ0v) is 10.4. The van der Waals surface area contributed by atoms with Crippen molar-refractivity contribution < 1.29 is 0 Å². The molecule has 0 aromatic carbocycles. The van der Waals surface area contributed by atoms with E-state index in [9.17, 15) is 0 Å². The van der Waals surface area contributed by atoms with E-state index in [4.69, 9.17) is 0 Å². The molecule has 0 spiro atoms. The highest BCUT2D eigenvalue weighted by Gasteiger charge is 2.20. The second kappa shape index (κ2) is 5.08. The Hall–Kier alpha value is -0.410. The van der Waals surface area contributed by atoms with E-state index in [2.05, 4.69) is 29.5 Å². The second-order valence-corrected chi connectivity index (χ2v) is 5.48. The molecule has 0 amide bonds. The highest BCUT2D eigenvalue weighted by atomic mass is 32.1. The second-order valence-electron chi connectivity index (χ2n) is 4.76. The van der Waals surface area contributed by atoms with E-state index in [1.807, 2.05) is 5.51 Å². The molecule has 1 aliphatic carbocycles. The van der Waals surface area contributed by atoms with Gasteiger partial charge in [0.15, 0.2) is 0 Å². The van der Waals surface area contributed by atoms with Crippen LogP contribution in [0.25, 0.3) is 0 Å². The standard InChI is InChI=1S/C12H20N2S/c1-9-3-5-11(6-4-9)14-10(2)12-7-15-8-13-12/h7-11,14H,3-6H2,1-2H3. The molecule has 1 unspecified atom stereocenters. The summed E-state index contributed by atoms with van der Waals surface area (Å²) in [4.78, 5) is 4.35. The van der Waals surface area contributed by atoms with Gasteiger partial charge in [-0.05, 0) is 38.5 Å². The molecule has 0 saturated heterocycles. The largest absolute Gasteiger partial charge is 0.306 e. The molecule has 0 aliphatic heterocycles. The van der Waals surface area contributed by atoms with Crippen LogP contribution >= 0.6 is 11.3 Å². The molecular formula is C12H20N2S. The fourth-order valence-electron chi connectivity index (χ4n) is 2.30. The van der Waals surface area contributed by atoms with Gasteiger partial charge in [0.05, 0.1) is 11.2 Å². The van der Waals surface area contributed by atoms with Crippen molar-refractivity contribution in [3.05, 3.63) is 16.6 Å². The van der Waals surface area contributed by atoms with Gasteiger partial charge in [0.1, 0.15) is 0 Å². The predicted molar refractivity (Wildman–Crippen MR) is 65.1 cm³/mol. The molecular weight excluding hydrogens is 204 g/mol. The van der Waals surface area contributed by atoms with E-state index in [1.165, 1.54) is 31.4 Å². The molecule has 1 saturated carbocycles. The van der Waals surface area contributed by atoms with Gasteiger partial charge in [0, 0.05) is 17.5 Å². The third-order valence-corrected chi connectivity index (χ3v) is 4.00. The molecule has 3 heteroatoms. The zero-order valence-electron chi connectivity index (χ0n) is 9.57. The van der Waals surface area contributed by atoms with Gasteiger partial charge in [-0.3, -0.25) is 0 Å². The first-order valence-corrected chi connectivity index (χ1v) is 6.84. The van der Waals surface area contributed by atoms with E-state index < -0.39 is 0 Å². The first-order valence-electron chi connectivity index (χ1n) is 5.90. The molecule has 2 nitrogen and oxygen atoms in total. The Morgan fingerprint density at radius 3 is 2.73 bits per heavy atom. The summed E-state index contributed by atoms with van der Waals surface area (Å²) in [5.41, 5.74) is 3.11. The van der Waals surface area contributed by atoms with Crippen LogP contribution in [-0.4, -0.2) is 11.0 Å². The number of hydrogen-bond donors (Lipinski definition) is 1. The lowest BCUT2D eigenvalue weighted by Gasteiger charge is -2.29. The van der Waals surface area contributed by atoms with Crippen molar-refractivity contribution in [2.75, 3.05) is 0 Å². The van der Waals surface area contributed by atoms with Gasteiger partial charge in [-0.2, -0.15) is 0 Å². The molecule has 1 atom stereocenters. The Morgan fingerprint density at radius 2 is 2.13 bits per heavy atom.